The molecule has 1 unspecified atom stereocenters. The lowest BCUT2D eigenvalue weighted by molar-refractivity contribution is 0.473. The van der Waals surface area contributed by atoms with Crippen LogP contribution in [0.5, 0.6) is 5.75 Å². The number of aromatic nitrogens is 3. The number of hydrogen-bond acceptors (Lipinski definition) is 7. The molecule has 0 bridgehead atoms. The highest BCUT2D eigenvalue weighted by molar-refractivity contribution is 5.89. The number of aryl methyl sites for hydroxylation is 2. The lowest BCUT2D eigenvalue weighted by atomic mass is 10.0. The van der Waals surface area contributed by atoms with E-state index in [0.29, 0.717) is 33.8 Å². The summed E-state index contributed by atoms with van der Waals surface area (Å²) < 4.78 is 5.66. The van der Waals surface area contributed by atoms with Gasteiger partial charge in [0.2, 0.25) is 0 Å². The van der Waals surface area contributed by atoms with Crippen LogP contribution in [0.1, 0.15) is 17.9 Å². The molecule has 1 aliphatic heterocycles. The summed E-state index contributed by atoms with van der Waals surface area (Å²) in [5.74, 6) is 1.66. The van der Waals surface area contributed by atoms with Crippen LogP contribution in [0, 0.1) is 13.8 Å². The van der Waals surface area contributed by atoms with Gasteiger partial charge in [-0.05, 0) is 43.7 Å². The second kappa shape index (κ2) is 6.17. The molecule has 0 saturated carbocycles. The average molecular weight is 375 g/mol. The number of nitrogens with zero attached hydrogens (tertiary/aromatic N) is 4. The van der Waals surface area contributed by atoms with E-state index in [4.69, 9.17) is 20.1 Å². The van der Waals surface area contributed by atoms with E-state index in [-0.39, 0.29) is 11.8 Å². The third-order valence-electron chi connectivity index (χ3n) is 5.35. The zero-order valence-corrected chi connectivity index (χ0v) is 15.8. The Bertz CT molecular complexity index is 1220. The van der Waals surface area contributed by atoms with Gasteiger partial charge in [0, 0.05) is 37.2 Å². The number of phenols is 1. The summed E-state index contributed by atoms with van der Waals surface area (Å²) in [6, 6.07) is 9.75. The zero-order chi connectivity index (χ0) is 19.4. The summed E-state index contributed by atoms with van der Waals surface area (Å²) in [6.45, 7) is 5.38. The van der Waals surface area contributed by atoms with Crippen molar-refractivity contribution in [2.75, 3.05) is 18.0 Å². The van der Waals surface area contributed by atoms with Gasteiger partial charge in [-0.2, -0.15) is 0 Å². The van der Waals surface area contributed by atoms with Crippen LogP contribution in [-0.2, 0) is 0 Å². The first-order valence-electron chi connectivity index (χ1n) is 9.38. The Morgan fingerprint density at radius 2 is 1.89 bits per heavy atom. The molecule has 28 heavy (non-hydrogen) atoms. The number of hydrogen-bond donors (Lipinski definition) is 2. The number of oxazole rings is 1. The third kappa shape index (κ3) is 2.66. The van der Waals surface area contributed by atoms with Gasteiger partial charge in [-0.25, -0.2) is 15.0 Å². The molecule has 1 saturated heterocycles. The average Bonchev–Trinajstić information content (AvgIpc) is 3.29. The minimum atomic E-state index is 0.170. The summed E-state index contributed by atoms with van der Waals surface area (Å²) in [5, 5.41) is 10.7. The van der Waals surface area contributed by atoms with Gasteiger partial charge in [0.25, 0.3) is 0 Å². The van der Waals surface area contributed by atoms with Crippen LogP contribution in [0.2, 0.25) is 0 Å². The minimum Gasteiger partial charge on any atom is -0.507 e. The second-order valence-corrected chi connectivity index (χ2v) is 7.38. The van der Waals surface area contributed by atoms with Crippen LogP contribution in [0.3, 0.4) is 0 Å². The highest BCUT2D eigenvalue weighted by Crippen LogP contribution is 2.37. The molecule has 1 fully saturated rings. The van der Waals surface area contributed by atoms with Gasteiger partial charge in [-0.15, -0.1) is 0 Å². The number of aromatic hydroxyl groups is 1. The number of fused-ring (bicyclic) bond motifs is 2. The summed E-state index contributed by atoms with van der Waals surface area (Å²) in [5.41, 5.74) is 10.9. The van der Waals surface area contributed by atoms with E-state index in [9.17, 15) is 5.11 Å². The van der Waals surface area contributed by atoms with Crippen molar-refractivity contribution >= 4 is 28.0 Å². The van der Waals surface area contributed by atoms with E-state index in [0.717, 1.165) is 36.4 Å². The van der Waals surface area contributed by atoms with E-state index >= 15 is 0 Å². The maximum Gasteiger partial charge on any atom is 0.192 e. The molecule has 3 aromatic heterocycles. The number of anilines is 1. The molecule has 7 heteroatoms. The van der Waals surface area contributed by atoms with Crippen molar-refractivity contribution in [1.29, 1.82) is 0 Å². The van der Waals surface area contributed by atoms with Crippen LogP contribution in [0.4, 0.5) is 5.82 Å². The van der Waals surface area contributed by atoms with Gasteiger partial charge in [-0.1, -0.05) is 0 Å². The first-order chi connectivity index (χ1) is 13.5. The standard InChI is InChI=1S/C21H21N5O2/c1-11-20-18(28-12(2)23-20)9-14(21(11)27)15-3-4-17-16(24-15)5-6-19(25-17)26-8-7-13(22)10-26/h3-6,9,13,27H,7-8,10,22H2,1-2H3. The Hall–Kier alpha value is -3.19. The smallest absolute Gasteiger partial charge is 0.192 e. The molecule has 3 N–H and O–H groups in total. The van der Waals surface area contributed by atoms with Crippen molar-refractivity contribution in [2.24, 2.45) is 5.73 Å². The van der Waals surface area contributed by atoms with Crippen LogP contribution in [0.25, 0.3) is 33.4 Å². The molecule has 5 rings (SSSR count). The molecule has 1 atom stereocenters. The van der Waals surface area contributed by atoms with Crippen molar-refractivity contribution in [3.8, 4) is 17.0 Å². The maximum atomic E-state index is 10.7. The SMILES string of the molecule is Cc1nc2c(C)c(O)c(-c3ccc4nc(N5CCC(N)C5)ccc4n3)cc2o1. The minimum absolute atomic E-state index is 0.170. The quantitative estimate of drug-likeness (QED) is 0.554. The molecule has 1 aliphatic rings. The van der Waals surface area contributed by atoms with Crippen LogP contribution in [0.15, 0.2) is 34.7 Å². The highest BCUT2D eigenvalue weighted by atomic mass is 16.3. The van der Waals surface area contributed by atoms with Crippen molar-refractivity contribution in [2.45, 2.75) is 26.3 Å². The normalized spacial score (nSPS) is 17.1. The topological polar surface area (TPSA) is 101 Å². The third-order valence-corrected chi connectivity index (χ3v) is 5.35. The number of nitrogens with two attached hydrogens (primary N) is 1. The lowest BCUT2D eigenvalue weighted by Gasteiger charge is -2.17. The Labute approximate surface area is 161 Å². The molecule has 4 aromatic rings. The molecule has 4 heterocycles. The van der Waals surface area contributed by atoms with Crippen LogP contribution in [-0.4, -0.2) is 39.2 Å². The van der Waals surface area contributed by atoms with Gasteiger partial charge in [0.05, 0.1) is 16.7 Å². The van der Waals surface area contributed by atoms with Crippen molar-refractivity contribution in [3.63, 3.8) is 0 Å². The van der Waals surface area contributed by atoms with E-state index in [1.807, 2.05) is 31.2 Å². The molecular formula is C21H21N5O2. The maximum absolute atomic E-state index is 10.7. The van der Waals surface area contributed by atoms with E-state index in [1.54, 1.807) is 13.0 Å². The highest BCUT2D eigenvalue weighted by Gasteiger charge is 2.21. The molecule has 1 aromatic carbocycles. The molecule has 0 radical (unpaired) electrons. The molecule has 0 spiro atoms. The lowest BCUT2D eigenvalue weighted by Crippen LogP contribution is -2.26. The van der Waals surface area contributed by atoms with Crippen LogP contribution < -0.4 is 10.6 Å². The Kier molecular flexibility index (Phi) is 3.73. The number of rotatable bonds is 2. The Morgan fingerprint density at radius 3 is 2.68 bits per heavy atom. The van der Waals surface area contributed by atoms with Crippen molar-refractivity contribution in [1.82, 2.24) is 15.0 Å². The first-order valence-corrected chi connectivity index (χ1v) is 9.38. The summed E-state index contributed by atoms with van der Waals surface area (Å²) in [6.07, 6.45) is 0.985. The second-order valence-electron chi connectivity index (χ2n) is 7.38. The molecule has 142 valence electrons. The van der Waals surface area contributed by atoms with Gasteiger partial charge in [0.1, 0.15) is 17.1 Å². The van der Waals surface area contributed by atoms with Gasteiger partial charge >= 0.3 is 0 Å². The fraction of sp³-hybridized carbons (Fsp3) is 0.286. The summed E-state index contributed by atoms with van der Waals surface area (Å²) in [7, 11) is 0. The Balaban J connectivity index is 1.58. The van der Waals surface area contributed by atoms with Crippen molar-refractivity contribution in [3.05, 3.63) is 41.8 Å². The predicted molar refractivity (Wildman–Crippen MR) is 108 cm³/mol. The zero-order valence-electron chi connectivity index (χ0n) is 15.8. The molecule has 0 amide bonds. The largest absolute Gasteiger partial charge is 0.507 e. The monoisotopic (exact) mass is 375 g/mol. The van der Waals surface area contributed by atoms with E-state index < -0.39 is 0 Å². The van der Waals surface area contributed by atoms with E-state index in [2.05, 4.69) is 9.88 Å². The molecule has 7 nitrogen and oxygen atoms in total. The van der Waals surface area contributed by atoms with E-state index in [1.165, 1.54) is 0 Å². The number of benzene rings is 1. The van der Waals surface area contributed by atoms with Gasteiger partial charge in [-0.3, -0.25) is 0 Å². The fourth-order valence-electron chi connectivity index (χ4n) is 3.84. The molecular weight excluding hydrogens is 354 g/mol. The Morgan fingerprint density at radius 1 is 1.11 bits per heavy atom. The first kappa shape index (κ1) is 16.9. The van der Waals surface area contributed by atoms with Crippen LogP contribution >= 0.6 is 0 Å². The van der Waals surface area contributed by atoms with Gasteiger partial charge < -0.3 is 20.2 Å². The molecule has 0 aliphatic carbocycles. The summed E-state index contributed by atoms with van der Waals surface area (Å²) >= 11 is 0. The number of pyridine rings is 2. The number of phenolic OH excluding ortho intramolecular Hbond substituents is 1. The van der Waals surface area contributed by atoms with Gasteiger partial charge in [0.15, 0.2) is 11.5 Å². The summed E-state index contributed by atoms with van der Waals surface area (Å²) in [4.78, 5) is 16.0. The predicted octanol–water partition coefficient (Wildman–Crippen LogP) is 3.30. The van der Waals surface area contributed by atoms with Crippen molar-refractivity contribution < 1.29 is 9.52 Å². The fourth-order valence-corrected chi connectivity index (χ4v) is 3.84.